The Hall–Kier alpha value is -1.66. The summed E-state index contributed by atoms with van der Waals surface area (Å²) in [4.78, 5) is 12.7. The summed E-state index contributed by atoms with van der Waals surface area (Å²) >= 11 is 0. The summed E-state index contributed by atoms with van der Waals surface area (Å²) in [5.74, 6) is 0.519. The molecule has 0 aliphatic carbocycles. The van der Waals surface area contributed by atoms with E-state index >= 15 is 0 Å². The number of non-ortho nitro benzene ring substituents is 1. The van der Waals surface area contributed by atoms with Crippen molar-refractivity contribution in [3.63, 3.8) is 0 Å². The topological polar surface area (TPSA) is 81.6 Å². The zero-order valence-electron chi connectivity index (χ0n) is 11.0. The van der Waals surface area contributed by atoms with Crippen molar-refractivity contribution in [2.75, 3.05) is 20.2 Å². The molecular formula is C13H19N3O3. The molecule has 0 amide bonds. The maximum absolute atomic E-state index is 10.9. The van der Waals surface area contributed by atoms with Gasteiger partial charge in [0.05, 0.1) is 18.1 Å². The lowest BCUT2D eigenvalue weighted by molar-refractivity contribution is -0.385. The summed E-state index contributed by atoms with van der Waals surface area (Å²) in [6.45, 7) is 2.50. The summed E-state index contributed by atoms with van der Waals surface area (Å²) < 4.78 is 5.11. The molecule has 1 aromatic rings. The highest BCUT2D eigenvalue weighted by Crippen LogP contribution is 2.24. The van der Waals surface area contributed by atoms with Crippen molar-refractivity contribution in [3.8, 4) is 5.75 Å². The first kappa shape index (κ1) is 13.8. The molecule has 1 heterocycles. The Morgan fingerprint density at radius 2 is 2.32 bits per heavy atom. The highest BCUT2D eigenvalue weighted by atomic mass is 16.6. The van der Waals surface area contributed by atoms with Crippen LogP contribution in [-0.4, -0.2) is 36.1 Å². The molecule has 0 spiro atoms. The maximum atomic E-state index is 10.9. The van der Waals surface area contributed by atoms with Gasteiger partial charge in [-0.3, -0.25) is 15.0 Å². The summed E-state index contributed by atoms with van der Waals surface area (Å²) in [7, 11) is 1.51. The van der Waals surface area contributed by atoms with Crippen LogP contribution in [0.2, 0.25) is 0 Å². The molecule has 104 valence electrons. The zero-order chi connectivity index (χ0) is 13.8. The van der Waals surface area contributed by atoms with Crippen molar-refractivity contribution < 1.29 is 9.66 Å². The number of hydrogen-bond acceptors (Lipinski definition) is 5. The Kier molecular flexibility index (Phi) is 4.34. The molecule has 1 aromatic carbocycles. The Bertz CT molecular complexity index is 464. The van der Waals surface area contributed by atoms with Crippen LogP contribution in [0.5, 0.6) is 5.75 Å². The first-order valence-electron chi connectivity index (χ1n) is 6.39. The fourth-order valence-corrected chi connectivity index (χ4v) is 2.45. The number of nitrogens with two attached hydrogens (primary N) is 1. The van der Waals surface area contributed by atoms with Gasteiger partial charge >= 0.3 is 0 Å². The van der Waals surface area contributed by atoms with Crippen LogP contribution in [0.1, 0.15) is 18.4 Å². The minimum atomic E-state index is -0.395. The molecule has 0 radical (unpaired) electrons. The third-order valence-electron chi connectivity index (χ3n) is 3.35. The van der Waals surface area contributed by atoms with Crippen molar-refractivity contribution in [3.05, 3.63) is 33.9 Å². The zero-order valence-corrected chi connectivity index (χ0v) is 11.0. The van der Waals surface area contributed by atoms with E-state index in [4.69, 9.17) is 10.5 Å². The molecule has 1 saturated heterocycles. The third kappa shape index (κ3) is 3.65. The predicted octanol–water partition coefficient (Wildman–Crippen LogP) is 1.53. The molecule has 19 heavy (non-hydrogen) atoms. The molecule has 1 fully saturated rings. The number of methoxy groups -OCH3 is 1. The first-order valence-corrected chi connectivity index (χ1v) is 6.39. The molecule has 2 rings (SSSR count). The van der Waals surface area contributed by atoms with Crippen LogP contribution in [-0.2, 0) is 6.54 Å². The number of ether oxygens (including phenoxy) is 1. The number of benzene rings is 1. The first-order chi connectivity index (χ1) is 9.08. The quantitative estimate of drug-likeness (QED) is 0.659. The summed E-state index contributed by atoms with van der Waals surface area (Å²) in [5.41, 5.74) is 6.89. The number of rotatable bonds is 4. The maximum Gasteiger partial charge on any atom is 0.273 e. The van der Waals surface area contributed by atoms with Gasteiger partial charge < -0.3 is 10.5 Å². The second-order valence-corrected chi connectivity index (χ2v) is 4.93. The van der Waals surface area contributed by atoms with Crippen LogP contribution in [0.3, 0.4) is 0 Å². The average Bonchev–Trinajstić information content (AvgIpc) is 2.38. The van der Waals surface area contributed by atoms with Gasteiger partial charge in [0.15, 0.2) is 0 Å². The largest absolute Gasteiger partial charge is 0.496 e. The molecular weight excluding hydrogens is 246 g/mol. The Morgan fingerprint density at radius 1 is 1.53 bits per heavy atom. The summed E-state index contributed by atoms with van der Waals surface area (Å²) in [5, 5.41) is 10.9. The monoisotopic (exact) mass is 265 g/mol. The van der Waals surface area contributed by atoms with Gasteiger partial charge in [0.1, 0.15) is 5.75 Å². The molecule has 6 nitrogen and oxygen atoms in total. The lowest BCUT2D eigenvalue weighted by Crippen LogP contribution is -2.42. The number of likely N-dealkylation sites (tertiary alicyclic amines) is 1. The van der Waals surface area contributed by atoms with Gasteiger partial charge in [0.2, 0.25) is 0 Å². The van der Waals surface area contributed by atoms with Crippen molar-refractivity contribution in [1.82, 2.24) is 4.90 Å². The Labute approximate surface area is 112 Å². The van der Waals surface area contributed by atoms with Gasteiger partial charge in [-0.1, -0.05) is 0 Å². The standard InChI is InChI=1S/C13H19N3O3/c1-19-13-6-10(5-12(7-13)16(17)18)8-15-4-2-3-11(14)9-15/h5-7,11H,2-4,8-9,14H2,1H3/t11-/m1/s1. The van der Waals surface area contributed by atoms with Gasteiger partial charge in [-0.25, -0.2) is 0 Å². The molecule has 1 aliphatic heterocycles. The van der Waals surface area contributed by atoms with Gasteiger partial charge in [0.25, 0.3) is 5.69 Å². The fraction of sp³-hybridized carbons (Fsp3) is 0.538. The highest BCUT2D eigenvalue weighted by Gasteiger charge is 2.18. The van der Waals surface area contributed by atoms with Crippen molar-refractivity contribution >= 4 is 5.69 Å². The minimum absolute atomic E-state index is 0.0654. The second kappa shape index (κ2) is 5.99. The van der Waals surface area contributed by atoms with Crippen LogP contribution in [0.25, 0.3) is 0 Å². The van der Waals surface area contributed by atoms with E-state index < -0.39 is 4.92 Å². The molecule has 1 aliphatic rings. The van der Waals surface area contributed by atoms with Gasteiger partial charge in [-0.05, 0) is 31.0 Å². The second-order valence-electron chi connectivity index (χ2n) is 4.93. The van der Waals surface area contributed by atoms with E-state index in [0.29, 0.717) is 12.3 Å². The van der Waals surface area contributed by atoms with Gasteiger partial charge in [-0.15, -0.1) is 0 Å². The minimum Gasteiger partial charge on any atom is -0.496 e. The SMILES string of the molecule is COc1cc(CN2CCC[C@@H](N)C2)cc([N+](=O)[O-])c1. The number of hydrogen-bond donors (Lipinski definition) is 1. The van der Waals surface area contributed by atoms with E-state index in [-0.39, 0.29) is 11.7 Å². The van der Waals surface area contributed by atoms with E-state index in [2.05, 4.69) is 4.90 Å². The van der Waals surface area contributed by atoms with E-state index in [1.54, 1.807) is 6.07 Å². The number of piperidine rings is 1. The Morgan fingerprint density at radius 3 is 2.95 bits per heavy atom. The predicted molar refractivity (Wildman–Crippen MR) is 72.1 cm³/mol. The molecule has 0 aromatic heterocycles. The van der Waals surface area contributed by atoms with E-state index in [1.807, 2.05) is 6.07 Å². The van der Waals surface area contributed by atoms with Crippen molar-refractivity contribution in [2.24, 2.45) is 5.73 Å². The van der Waals surface area contributed by atoms with E-state index in [9.17, 15) is 10.1 Å². The Balaban J connectivity index is 2.14. The smallest absolute Gasteiger partial charge is 0.273 e. The van der Waals surface area contributed by atoms with Crippen molar-refractivity contribution in [1.29, 1.82) is 0 Å². The van der Waals surface area contributed by atoms with Crippen LogP contribution in [0.4, 0.5) is 5.69 Å². The summed E-state index contributed by atoms with van der Waals surface area (Å²) in [6.07, 6.45) is 2.13. The highest BCUT2D eigenvalue weighted by molar-refractivity contribution is 5.42. The van der Waals surface area contributed by atoms with Crippen LogP contribution in [0, 0.1) is 10.1 Å². The summed E-state index contributed by atoms with van der Waals surface area (Å²) in [6, 6.07) is 5.08. The molecule has 0 unspecified atom stereocenters. The number of nitro benzene ring substituents is 1. The van der Waals surface area contributed by atoms with E-state index in [0.717, 1.165) is 31.5 Å². The van der Waals surface area contributed by atoms with Crippen molar-refractivity contribution in [2.45, 2.75) is 25.4 Å². The number of nitrogens with zero attached hydrogens (tertiary/aromatic N) is 2. The van der Waals surface area contributed by atoms with Crippen LogP contribution in [0.15, 0.2) is 18.2 Å². The van der Waals surface area contributed by atoms with Crippen LogP contribution < -0.4 is 10.5 Å². The van der Waals surface area contributed by atoms with Gasteiger partial charge in [-0.2, -0.15) is 0 Å². The number of nitro groups is 1. The lowest BCUT2D eigenvalue weighted by Gasteiger charge is -2.30. The van der Waals surface area contributed by atoms with Gasteiger partial charge in [0, 0.05) is 25.2 Å². The lowest BCUT2D eigenvalue weighted by atomic mass is 10.1. The molecule has 2 N–H and O–H groups in total. The van der Waals surface area contributed by atoms with E-state index in [1.165, 1.54) is 13.2 Å². The average molecular weight is 265 g/mol. The molecule has 0 saturated carbocycles. The third-order valence-corrected chi connectivity index (χ3v) is 3.35. The normalized spacial score (nSPS) is 20.2. The molecule has 0 bridgehead atoms. The molecule has 6 heteroatoms. The fourth-order valence-electron chi connectivity index (χ4n) is 2.45. The van der Waals surface area contributed by atoms with Crippen LogP contribution >= 0.6 is 0 Å². The molecule has 1 atom stereocenters.